The van der Waals surface area contributed by atoms with Gasteiger partial charge >= 0.3 is 0 Å². The number of H-pyrrole nitrogens is 1. The number of nitrogens with zero attached hydrogens (tertiary/aromatic N) is 3. The molecule has 3 aromatic rings. The molecule has 2 amide bonds. The molecular weight excluding hydrogens is 465 g/mol. The van der Waals surface area contributed by atoms with Gasteiger partial charge in [-0.15, -0.1) is 5.10 Å². The molecule has 0 saturated heterocycles. The van der Waals surface area contributed by atoms with E-state index >= 15 is 0 Å². The lowest BCUT2D eigenvalue weighted by Crippen LogP contribution is -2.61. The van der Waals surface area contributed by atoms with Crippen LogP contribution in [0.3, 0.4) is 0 Å². The van der Waals surface area contributed by atoms with E-state index in [0.717, 1.165) is 0 Å². The molecule has 9 nitrogen and oxygen atoms in total. The molecule has 0 radical (unpaired) electrons. The number of aromatic amines is 1. The van der Waals surface area contributed by atoms with Crippen molar-refractivity contribution in [2.75, 3.05) is 5.32 Å². The highest BCUT2D eigenvalue weighted by atomic mass is 19.3. The number of nitrogens with one attached hydrogen (secondary N) is 3. The van der Waals surface area contributed by atoms with Crippen molar-refractivity contribution in [2.45, 2.75) is 50.6 Å². The van der Waals surface area contributed by atoms with Gasteiger partial charge in [-0.05, 0) is 49.6 Å². The average Bonchev–Trinajstić information content (AvgIpc) is 3.51. The van der Waals surface area contributed by atoms with Gasteiger partial charge in [0.1, 0.15) is 5.82 Å². The van der Waals surface area contributed by atoms with E-state index in [9.17, 15) is 27.6 Å². The summed E-state index contributed by atoms with van der Waals surface area (Å²) in [6.45, 7) is 2.00. The molecule has 1 aromatic carbocycles. The summed E-state index contributed by atoms with van der Waals surface area (Å²) in [7, 11) is 0. The van der Waals surface area contributed by atoms with Gasteiger partial charge in [-0.2, -0.15) is 0 Å². The van der Waals surface area contributed by atoms with Crippen molar-refractivity contribution in [2.24, 2.45) is 0 Å². The van der Waals surface area contributed by atoms with Crippen LogP contribution in [0.5, 0.6) is 0 Å². The molecular formula is C23H21F3N6O3. The molecule has 2 aromatic heterocycles. The van der Waals surface area contributed by atoms with Crippen molar-refractivity contribution in [1.82, 2.24) is 25.3 Å². The minimum Gasteiger partial charge on any atom is -0.341 e. The Balaban J connectivity index is 1.43. The van der Waals surface area contributed by atoms with E-state index in [1.165, 1.54) is 30.5 Å². The van der Waals surface area contributed by atoms with Gasteiger partial charge in [-0.25, -0.2) is 13.2 Å². The fourth-order valence-electron chi connectivity index (χ4n) is 5.03. The molecule has 12 heteroatoms. The van der Waals surface area contributed by atoms with Crippen molar-refractivity contribution >= 4 is 23.3 Å². The molecule has 3 N–H and O–H groups in total. The molecule has 1 aliphatic carbocycles. The molecule has 182 valence electrons. The normalized spacial score (nSPS) is 17.4. The maximum atomic E-state index is 13.8. The number of carbonyl (C=O) groups excluding carboxylic acids is 3. The molecule has 0 unspecified atom stereocenters. The van der Waals surface area contributed by atoms with Crippen LogP contribution in [-0.4, -0.2) is 43.5 Å². The highest BCUT2D eigenvalue weighted by Crippen LogP contribution is 2.51. The van der Waals surface area contributed by atoms with E-state index in [1.54, 1.807) is 11.5 Å². The maximum absolute atomic E-state index is 13.8. The van der Waals surface area contributed by atoms with Crippen molar-refractivity contribution < 1.29 is 27.6 Å². The quantitative estimate of drug-likeness (QED) is 0.365. The average molecular weight is 486 g/mol. The summed E-state index contributed by atoms with van der Waals surface area (Å²) in [6, 6.07) is 5.25. The van der Waals surface area contributed by atoms with Crippen molar-refractivity contribution in [3.05, 3.63) is 64.5 Å². The van der Waals surface area contributed by atoms with Crippen LogP contribution in [0.4, 0.5) is 18.9 Å². The van der Waals surface area contributed by atoms with E-state index < -0.39 is 47.7 Å². The predicted octanol–water partition coefficient (Wildman–Crippen LogP) is 2.88. The van der Waals surface area contributed by atoms with E-state index in [0.29, 0.717) is 36.3 Å². The minimum absolute atomic E-state index is 0.0447. The van der Waals surface area contributed by atoms with E-state index in [4.69, 9.17) is 0 Å². The van der Waals surface area contributed by atoms with Crippen LogP contribution in [-0.2, 0) is 23.3 Å². The van der Waals surface area contributed by atoms with E-state index in [1.807, 2.05) is 0 Å². The minimum atomic E-state index is -3.00. The first-order valence-corrected chi connectivity index (χ1v) is 11.0. The Hall–Kier alpha value is -3.96. The number of fused-ring (bicyclic) bond motifs is 1. The van der Waals surface area contributed by atoms with Gasteiger partial charge in [-0.1, -0.05) is 5.21 Å². The molecule has 0 spiro atoms. The lowest BCUT2D eigenvalue weighted by Gasteiger charge is -2.46. The Kier molecular flexibility index (Phi) is 5.26. The van der Waals surface area contributed by atoms with Crippen molar-refractivity contribution in [3.63, 3.8) is 0 Å². The van der Waals surface area contributed by atoms with Gasteiger partial charge < -0.3 is 15.2 Å². The summed E-state index contributed by atoms with van der Waals surface area (Å²) >= 11 is 0. The van der Waals surface area contributed by atoms with E-state index in [-0.39, 0.29) is 17.0 Å². The number of Topliss-reactive ketones (excluding diaryl/α,β-unsaturated/α-hetero) is 1. The number of hydrogen-bond donors (Lipinski definition) is 3. The number of alkyl halides is 2. The van der Waals surface area contributed by atoms with Gasteiger partial charge in [0, 0.05) is 30.8 Å². The summed E-state index contributed by atoms with van der Waals surface area (Å²) in [6.07, 6.45) is 1.04. The summed E-state index contributed by atoms with van der Waals surface area (Å²) in [4.78, 5) is 39.3. The zero-order valence-corrected chi connectivity index (χ0v) is 18.6. The van der Waals surface area contributed by atoms with Crippen LogP contribution in [0.2, 0.25) is 0 Å². The molecule has 0 atom stereocenters. The van der Waals surface area contributed by atoms with Crippen LogP contribution in [0.1, 0.15) is 57.1 Å². The number of aromatic nitrogens is 4. The SMILES string of the molecule is Cc1c(C(=O)Nc2ccc(F)cc2)c2n(c1C(=O)C(=O)NC1(c3cnn[nH]3)CC(F)(F)C1)CCC2. The Bertz CT molecular complexity index is 1320. The first-order valence-electron chi connectivity index (χ1n) is 11.0. The summed E-state index contributed by atoms with van der Waals surface area (Å²) in [5, 5.41) is 14.8. The Morgan fingerprint density at radius 1 is 1.14 bits per heavy atom. The number of amides is 2. The zero-order chi connectivity index (χ0) is 25.0. The first kappa shape index (κ1) is 22.8. The summed E-state index contributed by atoms with van der Waals surface area (Å²) < 4.78 is 42.4. The second kappa shape index (κ2) is 8.07. The molecule has 0 bridgehead atoms. The number of ketones is 1. The molecule has 1 fully saturated rings. The summed E-state index contributed by atoms with van der Waals surface area (Å²) in [5.41, 5.74) is 0.309. The number of rotatable bonds is 6. The second-order valence-electron chi connectivity index (χ2n) is 8.96. The largest absolute Gasteiger partial charge is 0.341 e. The summed E-state index contributed by atoms with van der Waals surface area (Å²) in [5.74, 6) is -5.92. The van der Waals surface area contributed by atoms with E-state index in [2.05, 4.69) is 26.0 Å². The lowest BCUT2D eigenvalue weighted by atomic mass is 9.71. The molecule has 2 aliphatic rings. The monoisotopic (exact) mass is 486 g/mol. The predicted molar refractivity (Wildman–Crippen MR) is 117 cm³/mol. The highest BCUT2D eigenvalue weighted by molar-refractivity contribution is 6.43. The molecule has 3 heterocycles. The number of anilines is 1. The fraction of sp³-hybridized carbons (Fsp3) is 0.348. The molecule has 1 aliphatic heterocycles. The number of hydrogen-bond acceptors (Lipinski definition) is 5. The van der Waals surface area contributed by atoms with Crippen LogP contribution in [0.15, 0.2) is 30.5 Å². The molecule has 5 rings (SSSR count). The Labute approximate surface area is 197 Å². The zero-order valence-electron chi connectivity index (χ0n) is 18.6. The van der Waals surface area contributed by atoms with Crippen molar-refractivity contribution in [3.8, 4) is 0 Å². The van der Waals surface area contributed by atoms with Crippen LogP contribution >= 0.6 is 0 Å². The third-order valence-electron chi connectivity index (χ3n) is 6.56. The van der Waals surface area contributed by atoms with Crippen molar-refractivity contribution in [1.29, 1.82) is 0 Å². The third-order valence-corrected chi connectivity index (χ3v) is 6.56. The van der Waals surface area contributed by atoms with Gasteiger partial charge in [0.2, 0.25) is 0 Å². The van der Waals surface area contributed by atoms with Gasteiger partial charge in [0.25, 0.3) is 23.5 Å². The molecule has 35 heavy (non-hydrogen) atoms. The van der Waals surface area contributed by atoms with Gasteiger partial charge in [0.05, 0.1) is 28.7 Å². The smallest absolute Gasteiger partial charge is 0.294 e. The Morgan fingerprint density at radius 2 is 1.86 bits per heavy atom. The fourth-order valence-corrected chi connectivity index (χ4v) is 5.03. The highest BCUT2D eigenvalue weighted by Gasteiger charge is 2.59. The standard InChI is InChI=1S/C23H21F3N6O3/c1-12-17(20(34)28-14-6-4-13(24)5-7-14)15-3-2-8-32(15)18(12)19(33)21(35)29-22(10-23(25,26)11-22)16-9-27-31-30-16/h4-7,9H,2-3,8,10-11H2,1H3,(H,28,34)(H,29,35)(H,27,30,31). The molecule has 1 saturated carbocycles. The van der Waals surface area contributed by atoms with Crippen LogP contribution in [0.25, 0.3) is 0 Å². The number of halogens is 3. The van der Waals surface area contributed by atoms with Crippen LogP contribution in [0, 0.1) is 12.7 Å². The topological polar surface area (TPSA) is 122 Å². The second-order valence-corrected chi connectivity index (χ2v) is 8.96. The lowest BCUT2D eigenvalue weighted by molar-refractivity contribution is -0.148. The number of benzene rings is 1. The Morgan fingerprint density at radius 3 is 2.49 bits per heavy atom. The third kappa shape index (κ3) is 3.88. The van der Waals surface area contributed by atoms with Gasteiger partial charge in [-0.3, -0.25) is 19.5 Å². The number of carbonyl (C=O) groups is 3. The maximum Gasteiger partial charge on any atom is 0.294 e. The van der Waals surface area contributed by atoms with Gasteiger partial charge in [0.15, 0.2) is 0 Å². The first-order chi connectivity index (χ1) is 16.6. The van der Waals surface area contributed by atoms with Crippen LogP contribution < -0.4 is 10.6 Å².